The lowest BCUT2D eigenvalue weighted by atomic mass is 9.98. The van der Waals surface area contributed by atoms with Crippen LogP contribution in [0.3, 0.4) is 0 Å². The van der Waals surface area contributed by atoms with Crippen LogP contribution < -0.4 is 20.5 Å². The van der Waals surface area contributed by atoms with Gasteiger partial charge in [-0.3, -0.25) is 10.1 Å². The van der Waals surface area contributed by atoms with Crippen molar-refractivity contribution in [1.29, 1.82) is 0 Å². The first-order chi connectivity index (χ1) is 20.7. The van der Waals surface area contributed by atoms with Crippen LogP contribution in [0.25, 0.3) is 21.8 Å². The highest BCUT2D eigenvalue weighted by molar-refractivity contribution is 7.97. The average molecular weight is 580 g/mol. The first-order valence-corrected chi connectivity index (χ1v) is 15.5. The summed E-state index contributed by atoms with van der Waals surface area (Å²) in [7, 11) is 0. The maximum atomic E-state index is 6.24. The van der Waals surface area contributed by atoms with E-state index in [2.05, 4.69) is 85.1 Å². The Labute approximate surface area is 251 Å². The summed E-state index contributed by atoms with van der Waals surface area (Å²) in [4.78, 5) is 17.0. The zero-order valence-electron chi connectivity index (χ0n) is 23.7. The van der Waals surface area contributed by atoms with E-state index in [1.54, 1.807) is 6.33 Å². The van der Waals surface area contributed by atoms with E-state index in [9.17, 15) is 0 Å². The minimum Gasteiger partial charge on any atom is -0.493 e. The number of aromatic nitrogens is 3. The van der Waals surface area contributed by atoms with Crippen LogP contribution in [0.2, 0.25) is 0 Å². The molecular weight excluding hydrogens is 542 g/mol. The fourth-order valence-corrected chi connectivity index (χ4v) is 5.81. The molecule has 1 fully saturated rings. The molecule has 8 nitrogen and oxygen atoms in total. The number of piperidine rings is 1. The Hall–Kier alpha value is -3.92. The summed E-state index contributed by atoms with van der Waals surface area (Å²) >= 11 is 1.27. The van der Waals surface area contributed by atoms with Crippen LogP contribution in [0.5, 0.6) is 5.75 Å². The highest BCUT2D eigenvalue weighted by Gasteiger charge is 2.19. The highest BCUT2D eigenvalue weighted by Crippen LogP contribution is 2.26. The summed E-state index contributed by atoms with van der Waals surface area (Å²) in [5.41, 5.74) is 4.33. The Morgan fingerprint density at radius 3 is 2.57 bits per heavy atom. The Morgan fingerprint density at radius 1 is 0.857 bits per heavy atom. The lowest BCUT2D eigenvalue weighted by Crippen LogP contribution is -2.38. The molecule has 216 valence electrons. The molecule has 4 N–H and O–H groups in total. The molecule has 3 aromatic carbocycles. The average Bonchev–Trinajstić information content (AvgIpc) is 3.05. The lowest BCUT2D eigenvalue weighted by molar-refractivity contribution is 0.145. The summed E-state index contributed by atoms with van der Waals surface area (Å²) in [6.07, 6.45) is 6.69. The Kier molecular flexibility index (Phi) is 9.29. The molecule has 0 bridgehead atoms. The minimum absolute atomic E-state index is 0.564. The summed E-state index contributed by atoms with van der Waals surface area (Å²) < 4.78 is 6.24. The van der Waals surface area contributed by atoms with Gasteiger partial charge in [0.1, 0.15) is 17.9 Å². The number of hydrogen-bond acceptors (Lipinski definition) is 9. The van der Waals surface area contributed by atoms with E-state index in [0.717, 1.165) is 97.2 Å². The van der Waals surface area contributed by atoms with Crippen molar-refractivity contribution >= 4 is 45.3 Å². The maximum Gasteiger partial charge on any atom is 0.137 e. The van der Waals surface area contributed by atoms with E-state index in [1.165, 1.54) is 22.9 Å². The summed E-state index contributed by atoms with van der Waals surface area (Å²) in [6.45, 7) is 5.68. The van der Waals surface area contributed by atoms with Crippen LogP contribution in [0.1, 0.15) is 18.4 Å². The number of nitrogens with two attached hydrogens (primary N) is 1. The first-order valence-electron chi connectivity index (χ1n) is 14.6. The number of benzene rings is 3. The summed E-state index contributed by atoms with van der Waals surface area (Å²) in [6, 6.07) is 24.8. The molecule has 0 spiro atoms. The summed E-state index contributed by atoms with van der Waals surface area (Å²) in [5, 5.41) is 14.9. The zero-order valence-corrected chi connectivity index (χ0v) is 24.5. The minimum atomic E-state index is 0.564. The second-order valence-electron chi connectivity index (χ2n) is 10.7. The van der Waals surface area contributed by atoms with E-state index in [1.807, 2.05) is 24.4 Å². The van der Waals surface area contributed by atoms with Crippen molar-refractivity contribution in [3.8, 4) is 5.75 Å². The van der Waals surface area contributed by atoms with Crippen LogP contribution >= 0.6 is 11.9 Å². The van der Waals surface area contributed by atoms with Crippen LogP contribution in [0, 0.1) is 5.92 Å². The number of para-hydroxylation sites is 1. The van der Waals surface area contributed by atoms with Gasteiger partial charge in [0.15, 0.2) is 0 Å². The monoisotopic (exact) mass is 579 g/mol. The molecule has 9 heteroatoms. The van der Waals surface area contributed by atoms with Gasteiger partial charge in [-0.05, 0) is 92.2 Å². The van der Waals surface area contributed by atoms with E-state index in [-0.39, 0.29) is 0 Å². The third kappa shape index (κ3) is 7.10. The van der Waals surface area contributed by atoms with Gasteiger partial charge in [0, 0.05) is 53.3 Å². The van der Waals surface area contributed by atoms with E-state index < -0.39 is 0 Å². The quantitative estimate of drug-likeness (QED) is 0.154. The van der Waals surface area contributed by atoms with Gasteiger partial charge in [-0.2, -0.15) is 0 Å². The molecule has 0 atom stereocenters. The van der Waals surface area contributed by atoms with Gasteiger partial charge in [-0.15, -0.1) is 0 Å². The fraction of sp³-hybridized carbons (Fsp3) is 0.303. The van der Waals surface area contributed by atoms with Crippen molar-refractivity contribution in [2.75, 3.05) is 50.0 Å². The normalized spacial score (nSPS) is 14.3. The van der Waals surface area contributed by atoms with Gasteiger partial charge in [-0.25, -0.2) is 9.97 Å². The molecule has 1 saturated heterocycles. The van der Waals surface area contributed by atoms with Crippen molar-refractivity contribution in [1.82, 2.24) is 19.9 Å². The third-order valence-electron chi connectivity index (χ3n) is 7.96. The number of hydrogen-bond donors (Lipinski definition) is 3. The molecule has 0 amide bonds. The van der Waals surface area contributed by atoms with Crippen molar-refractivity contribution in [3.63, 3.8) is 0 Å². The molecule has 1 aliphatic rings. The number of fused-ring (bicyclic) bond motifs is 2. The van der Waals surface area contributed by atoms with Gasteiger partial charge in [0.25, 0.3) is 0 Å². The van der Waals surface area contributed by atoms with E-state index >= 15 is 0 Å². The molecule has 0 saturated carbocycles. The second-order valence-corrected chi connectivity index (χ2v) is 11.4. The number of nitrogens with zero attached hydrogens (tertiary/aromatic N) is 4. The Morgan fingerprint density at radius 2 is 1.71 bits per heavy atom. The van der Waals surface area contributed by atoms with Crippen molar-refractivity contribution in [3.05, 3.63) is 90.9 Å². The number of rotatable bonds is 12. The predicted molar refractivity (Wildman–Crippen MR) is 173 cm³/mol. The standard InChI is InChI=1S/C33H37N7OS/c34-42-27-8-5-24(6-9-27)11-15-37-33-29-10-7-26(21-32(29)38-23-39-33)41-22-25-13-18-40(19-14-25)20-17-36-31-12-16-35-30-4-2-1-3-28(30)31/h1-10,12,16,21,23,25H,11,13-15,17-20,22,34H2,(H,35,36)(H,37,38,39). The van der Waals surface area contributed by atoms with Gasteiger partial charge in [0.2, 0.25) is 0 Å². The van der Waals surface area contributed by atoms with Crippen LogP contribution in [0.15, 0.2) is 90.2 Å². The molecule has 2 aromatic heterocycles. The number of pyridine rings is 1. The number of nitrogens with one attached hydrogen (secondary N) is 2. The van der Waals surface area contributed by atoms with Crippen LogP contribution in [0.4, 0.5) is 11.5 Å². The zero-order chi connectivity index (χ0) is 28.6. The largest absolute Gasteiger partial charge is 0.493 e. The third-order valence-corrected chi connectivity index (χ3v) is 8.50. The SMILES string of the molecule is NSc1ccc(CCNc2ncnc3cc(OCC4CCN(CCNc5ccnc6ccccc56)CC4)ccc23)cc1. The molecule has 0 aliphatic carbocycles. The van der Waals surface area contributed by atoms with Crippen molar-refractivity contribution in [2.45, 2.75) is 24.2 Å². The second kappa shape index (κ2) is 13.8. The molecule has 0 unspecified atom stereocenters. The Bertz CT molecular complexity index is 1600. The Balaban J connectivity index is 0.941. The maximum absolute atomic E-state index is 6.24. The molecule has 5 aromatic rings. The topological polar surface area (TPSA) is 101 Å². The summed E-state index contributed by atoms with van der Waals surface area (Å²) in [5.74, 6) is 2.27. The van der Waals surface area contributed by atoms with Gasteiger partial charge in [-0.1, -0.05) is 30.3 Å². The first kappa shape index (κ1) is 28.2. The number of likely N-dealkylation sites (tertiary alicyclic amines) is 1. The molecule has 0 radical (unpaired) electrons. The predicted octanol–water partition coefficient (Wildman–Crippen LogP) is 6.00. The van der Waals surface area contributed by atoms with E-state index in [4.69, 9.17) is 9.88 Å². The van der Waals surface area contributed by atoms with Crippen LogP contribution in [-0.4, -0.2) is 59.2 Å². The fourth-order valence-electron chi connectivity index (χ4n) is 5.52. The van der Waals surface area contributed by atoms with Crippen LogP contribution in [-0.2, 0) is 6.42 Å². The van der Waals surface area contributed by atoms with Gasteiger partial charge >= 0.3 is 0 Å². The molecule has 1 aliphatic heterocycles. The lowest BCUT2D eigenvalue weighted by Gasteiger charge is -2.32. The van der Waals surface area contributed by atoms with Crippen molar-refractivity contribution in [2.24, 2.45) is 11.1 Å². The molecule has 42 heavy (non-hydrogen) atoms. The molecular formula is C33H37N7OS. The van der Waals surface area contributed by atoms with Gasteiger partial charge in [0.05, 0.1) is 17.6 Å². The number of ether oxygens (including phenoxy) is 1. The number of anilines is 2. The van der Waals surface area contributed by atoms with Gasteiger partial charge < -0.3 is 20.3 Å². The smallest absolute Gasteiger partial charge is 0.137 e. The van der Waals surface area contributed by atoms with E-state index in [0.29, 0.717) is 5.92 Å². The molecule has 6 rings (SSSR count). The van der Waals surface area contributed by atoms with Crippen molar-refractivity contribution < 1.29 is 4.74 Å². The molecule has 3 heterocycles. The highest BCUT2D eigenvalue weighted by atomic mass is 32.2.